The average Bonchev–Trinajstić information content (AvgIpc) is 3.77. The van der Waals surface area contributed by atoms with E-state index in [4.69, 9.17) is 4.21 Å². The van der Waals surface area contributed by atoms with E-state index >= 15 is 0 Å². The number of rotatable bonds is 5. The summed E-state index contributed by atoms with van der Waals surface area (Å²) in [4.78, 5) is 0. The first-order valence-electron chi connectivity index (χ1n) is 21.8. The van der Waals surface area contributed by atoms with Crippen LogP contribution in [0.2, 0.25) is 0 Å². The second-order valence-electron chi connectivity index (χ2n) is 22.2. The Morgan fingerprint density at radius 2 is 1.10 bits per heavy atom. The van der Waals surface area contributed by atoms with Gasteiger partial charge in [0.05, 0.1) is 0 Å². The quantitative estimate of drug-likeness (QED) is 0.165. The average molecular weight is 905 g/mol. The molecule has 4 aromatic carbocycles. The molecule has 1 atom stereocenters. The Balaban J connectivity index is 0.00000293. The zero-order chi connectivity index (χ0) is 41.6. The van der Waals surface area contributed by atoms with E-state index in [1.54, 1.807) is 6.56 Å². The van der Waals surface area contributed by atoms with Crippen LogP contribution in [0.15, 0.2) is 103 Å². The summed E-state index contributed by atoms with van der Waals surface area (Å²) in [6, 6.07) is 30.2. The number of hydrogen-bond donors (Lipinski definition) is 0. The Hall–Kier alpha value is -2.83. The van der Waals surface area contributed by atoms with E-state index in [0.29, 0.717) is 5.92 Å². The third kappa shape index (κ3) is 6.40. The summed E-state index contributed by atoms with van der Waals surface area (Å²) >= 11 is -5.15. The molecule has 0 heterocycles. The topological polar surface area (TPSA) is 0 Å². The van der Waals surface area contributed by atoms with E-state index < -0.39 is 18.3 Å². The van der Waals surface area contributed by atoms with Crippen LogP contribution in [0.1, 0.15) is 155 Å². The van der Waals surface area contributed by atoms with E-state index in [1.807, 2.05) is 0 Å². The summed E-state index contributed by atoms with van der Waals surface area (Å²) in [7, 11) is 0. The van der Waals surface area contributed by atoms with Crippen LogP contribution >= 0.6 is 24.8 Å². The normalized spacial score (nSPS) is 19.2. The van der Waals surface area contributed by atoms with E-state index in [0.717, 1.165) is 6.42 Å². The second kappa shape index (κ2) is 14.4. The zero-order valence-corrected chi connectivity index (χ0v) is 43.1. The summed E-state index contributed by atoms with van der Waals surface area (Å²) < 4.78 is 12.2. The monoisotopic (exact) mass is 902 g/mol. The van der Waals surface area contributed by atoms with E-state index in [1.165, 1.54) is 84.5 Å². The number of halogens is 2. The molecule has 0 nitrogen and oxygen atoms in total. The van der Waals surface area contributed by atoms with Gasteiger partial charge in [0.15, 0.2) is 0 Å². The Bertz CT molecular complexity index is 2540. The molecule has 0 radical (unpaired) electrons. The van der Waals surface area contributed by atoms with Crippen LogP contribution in [0.25, 0.3) is 22.3 Å². The number of fused-ring (bicyclic) bond motifs is 5. The molecule has 8 rings (SSSR count). The molecular weight excluding hydrogens is 835 g/mol. The van der Waals surface area contributed by atoms with Gasteiger partial charge in [-0.1, -0.05) is 0 Å². The van der Waals surface area contributed by atoms with Gasteiger partial charge in [0, 0.05) is 0 Å². The maximum atomic E-state index is 6.04. The van der Waals surface area contributed by atoms with Crippen molar-refractivity contribution in [3.8, 4) is 11.1 Å². The molecule has 4 aliphatic carbocycles. The number of allylic oxidation sites excluding steroid dienone is 8. The Morgan fingerprint density at radius 3 is 1.54 bits per heavy atom. The zero-order valence-electron chi connectivity index (χ0n) is 39.0. The number of benzene rings is 4. The SMILES string of the molecule is Cl.Cl.[CH2]=[Zr]([C]1=C(C)C(C(C)C)=CC1C)([C]1=C(C)c2cc3c(cc2C1(C)C)Cc1cc2c(cc1-3)C(C)=CC2(C)C)([c]1ccc(C(C)(C)C)cc1)[c]1ccc(C(C)(C)C)cc1. The molecule has 1 unspecified atom stereocenters. The van der Waals surface area contributed by atoms with Crippen molar-refractivity contribution in [3.63, 3.8) is 0 Å². The van der Waals surface area contributed by atoms with Crippen molar-refractivity contribution < 1.29 is 18.3 Å². The van der Waals surface area contributed by atoms with Crippen molar-refractivity contribution in [1.29, 1.82) is 0 Å². The molecule has 0 N–H and O–H groups in total. The molecule has 0 spiro atoms. The molecule has 0 fully saturated rings. The fourth-order valence-corrected chi connectivity index (χ4v) is 32.6. The molecule has 0 saturated heterocycles. The first-order chi connectivity index (χ1) is 26.3. The molecule has 59 heavy (non-hydrogen) atoms. The van der Waals surface area contributed by atoms with Gasteiger partial charge in [0.2, 0.25) is 0 Å². The van der Waals surface area contributed by atoms with E-state index in [2.05, 4.69) is 196 Å². The number of hydrogen-bond acceptors (Lipinski definition) is 0. The van der Waals surface area contributed by atoms with Crippen LogP contribution < -0.4 is 6.54 Å². The predicted octanol–water partition coefficient (Wildman–Crippen LogP) is 14.7. The summed E-state index contributed by atoms with van der Waals surface area (Å²) in [5.74, 6) is 0.732. The first kappa shape index (κ1) is 45.7. The third-order valence-corrected chi connectivity index (χ3v) is 33.2. The summed E-state index contributed by atoms with van der Waals surface area (Å²) in [6.45, 7) is 38.3. The van der Waals surface area contributed by atoms with Crippen LogP contribution in [0.5, 0.6) is 0 Å². The van der Waals surface area contributed by atoms with Crippen LogP contribution in [0.3, 0.4) is 0 Å². The van der Waals surface area contributed by atoms with Gasteiger partial charge in [-0.3, -0.25) is 0 Å². The van der Waals surface area contributed by atoms with Crippen LogP contribution in [-0.2, 0) is 46.4 Å². The van der Waals surface area contributed by atoms with Crippen molar-refractivity contribution in [3.05, 3.63) is 147 Å². The van der Waals surface area contributed by atoms with E-state index in [9.17, 15) is 0 Å². The van der Waals surface area contributed by atoms with Crippen molar-refractivity contribution in [2.45, 2.75) is 139 Å². The van der Waals surface area contributed by atoms with Gasteiger partial charge in [0.25, 0.3) is 0 Å². The van der Waals surface area contributed by atoms with Crippen molar-refractivity contribution in [2.24, 2.45) is 11.8 Å². The molecule has 0 aromatic heterocycles. The molecule has 4 aromatic rings. The van der Waals surface area contributed by atoms with Gasteiger partial charge in [-0.25, -0.2) is 0 Å². The van der Waals surface area contributed by atoms with E-state index in [-0.39, 0.29) is 52.4 Å². The third-order valence-electron chi connectivity index (χ3n) is 15.2. The van der Waals surface area contributed by atoms with Crippen LogP contribution in [0, 0.1) is 11.8 Å². The minimum atomic E-state index is -5.15. The van der Waals surface area contributed by atoms with Crippen LogP contribution in [0.4, 0.5) is 0 Å². The predicted molar refractivity (Wildman–Crippen MR) is 263 cm³/mol. The van der Waals surface area contributed by atoms with Gasteiger partial charge in [-0.2, -0.15) is 0 Å². The Morgan fingerprint density at radius 1 is 0.644 bits per heavy atom. The van der Waals surface area contributed by atoms with Gasteiger partial charge in [-0.05, 0) is 0 Å². The van der Waals surface area contributed by atoms with Gasteiger partial charge in [0.1, 0.15) is 0 Å². The first-order valence-corrected chi connectivity index (χ1v) is 28.4. The molecule has 312 valence electrons. The van der Waals surface area contributed by atoms with Gasteiger partial charge < -0.3 is 0 Å². The summed E-state index contributed by atoms with van der Waals surface area (Å²) in [6.07, 6.45) is 6.06. The standard InChI is InChI=1S/C25H25.C10H15.2C10H13.CH2.2ClH.Zr/c1-14-12-24(3,4)22-8-16-7-17-9-23-19(15(2)13-25(23,5)6)11-21(17)20(16)10-18(14)22;1-7(2)10-6-8(3)5-9(10)4;2*1-10(2,3)9-7-5-4-6-8-9;;;;/h8-12H,7H2,1-6H3;6-8H,1-4H3;2*5-8H,1-3H3;1H2;2*1H;. The van der Waals surface area contributed by atoms with Crippen molar-refractivity contribution in [2.75, 3.05) is 0 Å². The molecule has 3 heteroatoms. The molecule has 0 saturated carbocycles. The van der Waals surface area contributed by atoms with Crippen molar-refractivity contribution >= 4 is 46.7 Å². The maximum absolute atomic E-state index is 6.04. The fourth-order valence-electron chi connectivity index (χ4n) is 12.6. The van der Waals surface area contributed by atoms with Crippen LogP contribution in [-0.4, -0.2) is 4.21 Å². The van der Waals surface area contributed by atoms with Gasteiger partial charge >= 0.3 is 349 Å². The minimum absolute atomic E-state index is 0. The molecule has 0 aliphatic heterocycles. The molecule has 4 aliphatic rings. The summed E-state index contributed by atoms with van der Waals surface area (Å²) in [5, 5.41) is 0. The summed E-state index contributed by atoms with van der Waals surface area (Å²) in [5.41, 5.74) is 20.2. The Kier molecular flexibility index (Phi) is 11.1. The molecular formula is C56H70Cl2Zr. The van der Waals surface area contributed by atoms with Gasteiger partial charge in [-0.15, -0.1) is 24.8 Å². The fraction of sp³-hybridized carbons (Fsp3) is 0.411. The molecule has 0 amide bonds. The molecule has 0 bridgehead atoms. The van der Waals surface area contributed by atoms with Crippen molar-refractivity contribution in [1.82, 2.24) is 0 Å². The second-order valence-corrected chi connectivity index (χ2v) is 34.7. The Labute approximate surface area is 371 Å².